The first-order valence-electron chi connectivity index (χ1n) is 13.7. The van der Waals surface area contributed by atoms with Crippen molar-refractivity contribution in [3.63, 3.8) is 0 Å². The molecule has 0 radical (unpaired) electrons. The Morgan fingerprint density at radius 1 is 1.10 bits per heavy atom. The van der Waals surface area contributed by atoms with Gasteiger partial charge in [0.2, 0.25) is 17.7 Å². The molecule has 0 bridgehead atoms. The molecule has 3 amide bonds. The van der Waals surface area contributed by atoms with E-state index in [0.717, 1.165) is 31.4 Å². The summed E-state index contributed by atoms with van der Waals surface area (Å²) in [4.78, 5) is 60.2. The van der Waals surface area contributed by atoms with E-state index in [0.29, 0.717) is 18.9 Å². The number of benzene rings is 1. The summed E-state index contributed by atoms with van der Waals surface area (Å²) in [6.45, 7) is 5.38. The molecule has 3 N–H and O–H groups in total. The SMILES string of the molecule is COc1ccc(C)cc1.C[C@@H](NC(=O)C1CC(=O)C1)C(=O)NCC(=O)N[C@@H](CC1CCCC1)C(=O)[C@@]1(C)CO1.[HH].[HH].[HH]. The minimum absolute atomic E-state index is 0. The summed E-state index contributed by atoms with van der Waals surface area (Å²) in [6.07, 6.45) is 5.40. The summed E-state index contributed by atoms with van der Waals surface area (Å²) in [6, 6.07) is 6.51. The highest BCUT2D eigenvalue weighted by Gasteiger charge is 2.50. The second-order valence-electron chi connectivity index (χ2n) is 11.0. The van der Waals surface area contributed by atoms with Crippen LogP contribution >= 0.6 is 0 Å². The van der Waals surface area contributed by atoms with E-state index in [1.54, 1.807) is 14.0 Å². The molecule has 1 aromatic carbocycles. The van der Waals surface area contributed by atoms with Crippen LogP contribution < -0.4 is 20.7 Å². The molecule has 3 aliphatic rings. The first kappa shape index (κ1) is 30.3. The fraction of sp³-hybridized carbons (Fsp3) is 0.621. The number of hydrogen-bond donors (Lipinski definition) is 3. The molecule has 1 aliphatic heterocycles. The van der Waals surface area contributed by atoms with Gasteiger partial charge in [-0.05, 0) is 45.2 Å². The third-order valence-electron chi connectivity index (χ3n) is 7.54. The maximum atomic E-state index is 12.7. The molecule has 1 aromatic rings. The lowest BCUT2D eigenvalue weighted by Gasteiger charge is -2.25. The van der Waals surface area contributed by atoms with Gasteiger partial charge in [-0.15, -0.1) is 0 Å². The summed E-state index contributed by atoms with van der Waals surface area (Å²) < 4.78 is 10.2. The Bertz CT molecular complexity index is 1050. The number of Topliss-reactive ketones (excluding diaryl/α,β-unsaturated/α-hetero) is 2. The topological polar surface area (TPSA) is 143 Å². The number of rotatable bonds is 11. The lowest BCUT2D eigenvalue weighted by molar-refractivity contribution is -0.139. The van der Waals surface area contributed by atoms with Gasteiger partial charge in [0.1, 0.15) is 23.2 Å². The van der Waals surface area contributed by atoms with E-state index in [-0.39, 0.29) is 47.1 Å². The van der Waals surface area contributed by atoms with E-state index in [4.69, 9.17) is 9.47 Å². The summed E-state index contributed by atoms with van der Waals surface area (Å²) in [5, 5.41) is 7.80. The minimum Gasteiger partial charge on any atom is -0.497 e. The van der Waals surface area contributed by atoms with Crippen molar-refractivity contribution in [2.45, 2.75) is 83.4 Å². The van der Waals surface area contributed by atoms with E-state index >= 15 is 0 Å². The Hall–Kier alpha value is -3.27. The van der Waals surface area contributed by atoms with Gasteiger partial charge in [0, 0.05) is 17.1 Å². The molecule has 4 rings (SSSR count). The smallest absolute Gasteiger partial charge is 0.242 e. The molecule has 0 unspecified atom stereocenters. The van der Waals surface area contributed by atoms with Gasteiger partial charge in [0.05, 0.1) is 32.2 Å². The predicted molar refractivity (Wildman–Crippen MR) is 150 cm³/mol. The first-order valence-corrected chi connectivity index (χ1v) is 13.7. The highest BCUT2D eigenvalue weighted by Crippen LogP contribution is 2.33. The number of hydrogen-bond acceptors (Lipinski definition) is 7. The van der Waals surface area contributed by atoms with Crippen LogP contribution in [-0.4, -0.2) is 67.2 Å². The Morgan fingerprint density at radius 3 is 2.26 bits per heavy atom. The number of amides is 3. The summed E-state index contributed by atoms with van der Waals surface area (Å²) in [5.41, 5.74) is 0.442. The van der Waals surface area contributed by atoms with Crippen LogP contribution in [0.4, 0.5) is 0 Å². The van der Waals surface area contributed by atoms with Crippen LogP contribution in [0.15, 0.2) is 24.3 Å². The molecular weight excluding hydrogens is 502 g/mol. The second-order valence-corrected chi connectivity index (χ2v) is 11.0. The monoisotopic (exact) mass is 549 g/mol. The highest BCUT2D eigenvalue weighted by atomic mass is 16.6. The highest BCUT2D eigenvalue weighted by molar-refractivity contribution is 5.99. The number of ether oxygens (including phenoxy) is 2. The molecule has 3 fully saturated rings. The third-order valence-corrected chi connectivity index (χ3v) is 7.54. The average Bonchev–Trinajstić information content (AvgIpc) is 3.43. The number of carbonyl (C=O) groups is 5. The van der Waals surface area contributed by atoms with Crippen molar-refractivity contribution in [2.24, 2.45) is 11.8 Å². The summed E-state index contributed by atoms with van der Waals surface area (Å²) >= 11 is 0. The number of carbonyl (C=O) groups excluding carboxylic acids is 5. The quantitative estimate of drug-likeness (QED) is 0.360. The van der Waals surface area contributed by atoms with Crippen LogP contribution in [0.2, 0.25) is 0 Å². The maximum Gasteiger partial charge on any atom is 0.242 e. The van der Waals surface area contributed by atoms with E-state index in [2.05, 4.69) is 22.9 Å². The van der Waals surface area contributed by atoms with Crippen molar-refractivity contribution in [1.82, 2.24) is 16.0 Å². The fourth-order valence-electron chi connectivity index (χ4n) is 4.74. The molecule has 10 nitrogen and oxygen atoms in total. The van der Waals surface area contributed by atoms with Crippen LogP contribution in [0.3, 0.4) is 0 Å². The van der Waals surface area contributed by atoms with E-state index in [1.807, 2.05) is 24.3 Å². The van der Waals surface area contributed by atoms with Crippen molar-refractivity contribution in [2.75, 3.05) is 20.3 Å². The molecule has 0 aromatic heterocycles. The molecule has 3 atom stereocenters. The summed E-state index contributed by atoms with van der Waals surface area (Å²) in [5.74, 6) is -0.412. The standard InChI is InChI=1S/C21H31N3O6.C8H10O.3H2/c1-12(23-20(29)14-8-15(25)9-14)19(28)22-10-17(26)24-16(7-13-5-3-4-6-13)18(27)21(2)11-30-21;1-7-3-5-8(9-2)6-4-7;;;/h12-14,16H,3-11H2,1-2H3,(H,22,28)(H,23,29)(H,24,26);3-6H,1-2H3;3*1H/t12-,16+,21-;;;;/m1..../s1. The fourth-order valence-corrected chi connectivity index (χ4v) is 4.74. The van der Waals surface area contributed by atoms with Crippen molar-refractivity contribution < 1.29 is 37.7 Å². The molecule has 1 saturated heterocycles. The maximum absolute atomic E-state index is 12.7. The van der Waals surface area contributed by atoms with Crippen molar-refractivity contribution in [3.05, 3.63) is 29.8 Å². The summed E-state index contributed by atoms with van der Waals surface area (Å²) in [7, 11) is 1.67. The molecule has 220 valence electrons. The number of aryl methyl sites for hydroxylation is 1. The molecule has 2 aliphatic carbocycles. The Kier molecular flexibility index (Phi) is 10.6. The third kappa shape index (κ3) is 9.16. The lowest BCUT2D eigenvalue weighted by atomic mass is 9.83. The normalized spacial score (nSPS) is 21.9. The van der Waals surface area contributed by atoms with Gasteiger partial charge < -0.3 is 25.4 Å². The van der Waals surface area contributed by atoms with Gasteiger partial charge >= 0.3 is 0 Å². The van der Waals surface area contributed by atoms with Crippen LogP contribution in [0.1, 0.15) is 68.6 Å². The van der Waals surface area contributed by atoms with Crippen LogP contribution in [0, 0.1) is 18.8 Å². The van der Waals surface area contributed by atoms with Crippen molar-refractivity contribution in [3.8, 4) is 5.75 Å². The molecule has 10 heteroatoms. The Balaban J connectivity index is 0.00000121. The number of nitrogens with one attached hydrogen (secondary N) is 3. The Morgan fingerprint density at radius 2 is 1.72 bits per heavy atom. The van der Waals surface area contributed by atoms with E-state index in [9.17, 15) is 24.0 Å². The molecular formula is C29H47N3O7. The van der Waals surface area contributed by atoms with E-state index < -0.39 is 29.5 Å². The van der Waals surface area contributed by atoms with Crippen LogP contribution in [0.5, 0.6) is 5.75 Å². The number of ketones is 2. The van der Waals surface area contributed by atoms with E-state index in [1.165, 1.54) is 12.5 Å². The van der Waals surface area contributed by atoms with Gasteiger partial charge in [-0.25, -0.2) is 0 Å². The average molecular weight is 550 g/mol. The van der Waals surface area contributed by atoms with Gasteiger partial charge in [-0.2, -0.15) is 0 Å². The predicted octanol–water partition coefficient (Wildman–Crippen LogP) is 2.75. The molecule has 2 saturated carbocycles. The van der Waals surface area contributed by atoms with Gasteiger partial charge in [0.25, 0.3) is 0 Å². The second kappa shape index (κ2) is 13.7. The van der Waals surface area contributed by atoms with Gasteiger partial charge in [0.15, 0.2) is 5.78 Å². The van der Waals surface area contributed by atoms with Crippen LogP contribution in [0.25, 0.3) is 0 Å². The lowest BCUT2D eigenvalue weighted by Crippen LogP contribution is -2.52. The largest absolute Gasteiger partial charge is 0.497 e. The molecule has 39 heavy (non-hydrogen) atoms. The zero-order chi connectivity index (χ0) is 28.6. The number of methoxy groups -OCH3 is 1. The molecule has 1 heterocycles. The van der Waals surface area contributed by atoms with Crippen molar-refractivity contribution in [1.29, 1.82) is 0 Å². The minimum atomic E-state index is -0.823. The van der Waals surface area contributed by atoms with Gasteiger partial charge in [-0.3, -0.25) is 24.0 Å². The zero-order valence-corrected chi connectivity index (χ0v) is 23.3. The first-order chi connectivity index (χ1) is 18.5. The van der Waals surface area contributed by atoms with Crippen LogP contribution in [-0.2, 0) is 28.7 Å². The Labute approximate surface area is 234 Å². The van der Waals surface area contributed by atoms with Gasteiger partial charge in [-0.1, -0.05) is 43.4 Å². The number of epoxide rings is 1. The van der Waals surface area contributed by atoms with Crippen molar-refractivity contribution >= 4 is 29.3 Å². The molecule has 0 spiro atoms. The zero-order valence-electron chi connectivity index (χ0n) is 23.3.